The van der Waals surface area contributed by atoms with Crippen LogP contribution in [0.25, 0.3) is 10.2 Å². The van der Waals surface area contributed by atoms with E-state index in [4.69, 9.17) is 0 Å². The molecule has 78 valence electrons. The molecule has 0 radical (unpaired) electrons. The fourth-order valence-corrected chi connectivity index (χ4v) is 2.14. The minimum Gasteiger partial charge on any atom is -0.294 e. The van der Waals surface area contributed by atoms with Crippen LogP contribution in [-0.2, 0) is 6.54 Å². The van der Waals surface area contributed by atoms with Crippen molar-refractivity contribution in [1.82, 2.24) is 9.55 Å². The highest BCUT2D eigenvalue weighted by atomic mass is 32.1. The first-order chi connectivity index (χ1) is 7.22. The molecule has 0 unspecified atom stereocenters. The fourth-order valence-electron chi connectivity index (χ4n) is 1.34. The van der Waals surface area contributed by atoms with Crippen LogP contribution in [0.2, 0.25) is 0 Å². The van der Waals surface area contributed by atoms with Gasteiger partial charge in [0.2, 0.25) is 0 Å². The summed E-state index contributed by atoms with van der Waals surface area (Å²) in [6.45, 7) is 6.49. The number of aromatic nitrogens is 2. The quantitative estimate of drug-likeness (QED) is 0.745. The van der Waals surface area contributed by atoms with Gasteiger partial charge in [0, 0.05) is 6.54 Å². The third-order valence-electron chi connectivity index (χ3n) is 2.33. The molecule has 0 atom stereocenters. The van der Waals surface area contributed by atoms with E-state index in [1.54, 1.807) is 10.9 Å². The predicted molar refractivity (Wildman–Crippen MR) is 63.3 cm³/mol. The van der Waals surface area contributed by atoms with Crippen molar-refractivity contribution in [3.05, 3.63) is 40.3 Å². The summed E-state index contributed by atoms with van der Waals surface area (Å²) < 4.78 is 2.34. The summed E-state index contributed by atoms with van der Waals surface area (Å²) in [7, 11) is 0. The van der Waals surface area contributed by atoms with Crippen molar-refractivity contribution in [2.45, 2.75) is 19.9 Å². The van der Waals surface area contributed by atoms with Gasteiger partial charge in [-0.2, -0.15) is 0 Å². The Morgan fingerprint density at radius 3 is 3.20 bits per heavy atom. The van der Waals surface area contributed by atoms with Crippen LogP contribution >= 0.6 is 11.3 Å². The lowest BCUT2D eigenvalue weighted by molar-refractivity contribution is 0.720. The summed E-state index contributed by atoms with van der Waals surface area (Å²) in [6.07, 6.45) is 2.48. The highest BCUT2D eigenvalue weighted by molar-refractivity contribution is 7.17. The third-order valence-corrected chi connectivity index (χ3v) is 3.22. The molecule has 0 aliphatic rings. The van der Waals surface area contributed by atoms with Crippen LogP contribution in [0.4, 0.5) is 0 Å². The third kappa shape index (κ3) is 1.85. The van der Waals surface area contributed by atoms with E-state index in [1.807, 2.05) is 18.4 Å². The molecule has 0 amide bonds. The Balaban J connectivity index is 2.48. The minimum absolute atomic E-state index is 0.0320. The standard InChI is InChI=1S/C11H12N2OS/c1-3-8(2)6-13-7-12-9-4-5-15-10(9)11(13)14/h4-5,7H,2-3,6H2,1H3. The first-order valence-electron chi connectivity index (χ1n) is 4.81. The van der Waals surface area contributed by atoms with Crippen molar-refractivity contribution in [1.29, 1.82) is 0 Å². The molecule has 2 rings (SSSR count). The number of allylic oxidation sites excluding steroid dienone is 1. The van der Waals surface area contributed by atoms with Gasteiger partial charge in [-0.3, -0.25) is 9.36 Å². The molecule has 2 aromatic heterocycles. The summed E-state index contributed by atoms with van der Waals surface area (Å²) in [5.41, 5.74) is 1.85. The Bertz CT molecular complexity index is 553. The number of fused-ring (bicyclic) bond motifs is 1. The summed E-state index contributed by atoms with van der Waals surface area (Å²) in [6, 6.07) is 1.86. The van der Waals surface area contributed by atoms with Crippen LogP contribution in [0.1, 0.15) is 13.3 Å². The van der Waals surface area contributed by atoms with Crippen LogP contribution in [-0.4, -0.2) is 9.55 Å². The van der Waals surface area contributed by atoms with Crippen molar-refractivity contribution >= 4 is 21.6 Å². The number of hydrogen-bond donors (Lipinski definition) is 0. The van der Waals surface area contributed by atoms with Crippen LogP contribution in [0.3, 0.4) is 0 Å². The lowest BCUT2D eigenvalue weighted by Gasteiger charge is -2.05. The second-order valence-electron chi connectivity index (χ2n) is 3.42. The molecule has 4 heteroatoms. The van der Waals surface area contributed by atoms with E-state index in [2.05, 4.69) is 11.6 Å². The molecule has 0 N–H and O–H groups in total. The van der Waals surface area contributed by atoms with Gasteiger partial charge in [0.15, 0.2) is 0 Å². The predicted octanol–water partition coefficient (Wildman–Crippen LogP) is 2.42. The molecule has 3 nitrogen and oxygen atoms in total. The number of hydrogen-bond acceptors (Lipinski definition) is 3. The van der Waals surface area contributed by atoms with Crippen LogP contribution in [0, 0.1) is 0 Å². The monoisotopic (exact) mass is 220 g/mol. The van der Waals surface area contributed by atoms with E-state index in [9.17, 15) is 4.79 Å². The SMILES string of the molecule is C=C(CC)Cn1cnc2ccsc2c1=O. The highest BCUT2D eigenvalue weighted by Crippen LogP contribution is 2.13. The molecule has 0 fully saturated rings. The maximum atomic E-state index is 11.9. The average Bonchev–Trinajstić information content (AvgIpc) is 2.70. The molecular formula is C11H12N2OS. The maximum Gasteiger partial charge on any atom is 0.271 e. The van der Waals surface area contributed by atoms with Crippen molar-refractivity contribution in [3.63, 3.8) is 0 Å². The second kappa shape index (κ2) is 3.98. The molecular weight excluding hydrogens is 208 g/mol. The van der Waals surface area contributed by atoms with Gasteiger partial charge in [0.25, 0.3) is 5.56 Å². The lowest BCUT2D eigenvalue weighted by Crippen LogP contribution is -2.20. The fraction of sp³-hybridized carbons (Fsp3) is 0.273. The Hall–Kier alpha value is -1.42. The second-order valence-corrected chi connectivity index (χ2v) is 4.33. The van der Waals surface area contributed by atoms with Crippen molar-refractivity contribution in [2.24, 2.45) is 0 Å². The molecule has 0 spiro atoms. The van der Waals surface area contributed by atoms with Crippen LogP contribution < -0.4 is 5.56 Å². The Labute approximate surface area is 91.7 Å². The highest BCUT2D eigenvalue weighted by Gasteiger charge is 2.05. The zero-order valence-corrected chi connectivity index (χ0v) is 9.38. The summed E-state index contributed by atoms with van der Waals surface area (Å²) in [5, 5.41) is 1.89. The summed E-state index contributed by atoms with van der Waals surface area (Å²) in [5.74, 6) is 0. The Morgan fingerprint density at radius 1 is 1.67 bits per heavy atom. The number of nitrogens with zero attached hydrogens (tertiary/aromatic N) is 2. The first kappa shape index (κ1) is 10.1. The number of thiophene rings is 1. The largest absolute Gasteiger partial charge is 0.294 e. The van der Waals surface area contributed by atoms with Gasteiger partial charge in [0.05, 0.1) is 11.8 Å². The van der Waals surface area contributed by atoms with E-state index < -0.39 is 0 Å². The zero-order valence-electron chi connectivity index (χ0n) is 8.56. The minimum atomic E-state index is 0.0320. The Kier molecular flexibility index (Phi) is 2.68. The normalized spacial score (nSPS) is 10.7. The van der Waals surface area contributed by atoms with E-state index in [0.29, 0.717) is 6.54 Å². The zero-order chi connectivity index (χ0) is 10.8. The lowest BCUT2D eigenvalue weighted by atomic mass is 10.2. The molecule has 0 bridgehead atoms. The van der Waals surface area contributed by atoms with Crippen molar-refractivity contribution in [2.75, 3.05) is 0 Å². The van der Waals surface area contributed by atoms with E-state index >= 15 is 0 Å². The van der Waals surface area contributed by atoms with E-state index in [-0.39, 0.29) is 5.56 Å². The van der Waals surface area contributed by atoms with Gasteiger partial charge in [0.1, 0.15) is 4.70 Å². The molecule has 0 saturated heterocycles. The van der Waals surface area contributed by atoms with E-state index in [1.165, 1.54) is 11.3 Å². The van der Waals surface area contributed by atoms with Gasteiger partial charge in [-0.15, -0.1) is 11.3 Å². The van der Waals surface area contributed by atoms with Gasteiger partial charge in [-0.05, 0) is 17.9 Å². The topological polar surface area (TPSA) is 34.9 Å². The van der Waals surface area contributed by atoms with Gasteiger partial charge in [-0.25, -0.2) is 4.98 Å². The summed E-state index contributed by atoms with van der Waals surface area (Å²) in [4.78, 5) is 16.2. The number of rotatable bonds is 3. The van der Waals surface area contributed by atoms with Crippen LogP contribution in [0.5, 0.6) is 0 Å². The van der Waals surface area contributed by atoms with Gasteiger partial charge >= 0.3 is 0 Å². The molecule has 0 aliphatic carbocycles. The molecule has 2 heterocycles. The molecule has 0 saturated carbocycles. The molecule has 15 heavy (non-hydrogen) atoms. The molecule has 2 aromatic rings. The van der Waals surface area contributed by atoms with Gasteiger partial charge in [-0.1, -0.05) is 19.1 Å². The van der Waals surface area contributed by atoms with Crippen molar-refractivity contribution < 1.29 is 0 Å². The van der Waals surface area contributed by atoms with Crippen molar-refractivity contribution in [3.8, 4) is 0 Å². The molecule has 0 aromatic carbocycles. The Morgan fingerprint density at radius 2 is 2.47 bits per heavy atom. The van der Waals surface area contributed by atoms with Crippen LogP contribution in [0.15, 0.2) is 34.7 Å². The van der Waals surface area contributed by atoms with Gasteiger partial charge < -0.3 is 0 Å². The first-order valence-corrected chi connectivity index (χ1v) is 5.69. The maximum absolute atomic E-state index is 11.9. The molecule has 0 aliphatic heterocycles. The summed E-state index contributed by atoms with van der Waals surface area (Å²) >= 11 is 1.44. The van der Waals surface area contributed by atoms with E-state index in [0.717, 1.165) is 22.2 Å². The average molecular weight is 220 g/mol. The smallest absolute Gasteiger partial charge is 0.271 e.